The Hall–Kier alpha value is 0.137. The first kappa shape index (κ1) is 7.25. The summed E-state index contributed by atoms with van der Waals surface area (Å²) in [7, 11) is -0.479. The first-order valence-corrected chi connectivity index (χ1v) is 6.61. The SMILES string of the molecule is C[SiH](C)COCC1CO1. The van der Waals surface area contributed by atoms with Gasteiger partial charge < -0.3 is 9.47 Å². The summed E-state index contributed by atoms with van der Waals surface area (Å²) in [5, 5.41) is 0. The summed E-state index contributed by atoms with van der Waals surface area (Å²) in [6.45, 7) is 6.31. The van der Waals surface area contributed by atoms with Crippen molar-refractivity contribution in [1.29, 1.82) is 0 Å². The molecule has 0 aromatic heterocycles. The highest BCUT2D eigenvalue weighted by Crippen LogP contribution is 2.08. The van der Waals surface area contributed by atoms with E-state index in [0.29, 0.717) is 6.10 Å². The molecule has 54 valence electrons. The van der Waals surface area contributed by atoms with Crippen molar-refractivity contribution >= 4 is 8.80 Å². The molecule has 0 saturated carbocycles. The Morgan fingerprint density at radius 3 is 2.78 bits per heavy atom. The number of rotatable bonds is 4. The Morgan fingerprint density at radius 2 is 2.33 bits per heavy atom. The van der Waals surface area contributed by atoms with E-state index in [1.807, 2.05) is 0 Å². The molecule has 1 saturated heterocycles. The minimum absolute atomic E-state index is 0.442. The lowest BCUT2D eigenvalue weighted by Gasteiger charge is -2.02. The molecule has 1 aliphatic heterocycles. The van der Waals surface area contributed by atoms with Crippen LogP contribution in [0.25, 0.3) is 0 Å². The van der Waals surface area contributed by atoms with Crippen molar-refractivity contribution in [3.8, 4) is 0 Å². The molecule has 1 fully saturated rings. The first-order chi connectivity index (χ1) is 4.29. The van der Waals surface area contributed by atoms with Crippen LogP contribution in [0.3, 0.4) is 0 Å². The van der Waals surface area contributed by atoms with Crippen LogP contribution in [0, 0.1) is 0 Å². The third-order valence-electron chi connectivity index (χ3n) is 1.16. The van der Waals surface area contributed by atoms with Crippen molar-refractivity contribution in [3.05, 3.63) is 0 Å². The van der Waals surface area contributed by atoms with Crippen LogP contribution in [0.4, 0.5) is 0 Å². The minimum Gasteiger partial charge on any atom is -0.382 e. The van der Waals surface area contributed by atoms with Gasteiger partial charge in [-0.15, -0.1) is 0 Å². The Bertz CT molecular complexity index is 79.1. The maximum absolute atomic E-state index is 5.36. The Labute approximate surface area is 57.8 Å². The van der Waals surface area contributed by atoms with Crippen molar-refractivity contribution in [2.45, 2.75) is 19.2 Å². The van der Waals surface area contributed by atoms with Gasteiger partial charge in [-0.1, -0.05) is 13.1 Å². The van der Waals surface area contributed by atoms with Crippen LogP contribution in [0.1, 0.15) is 0 Å². The van der Waals surface area contributed by atoms with Crippen LogP contribution in [0.2, 0.25) is 13.1 Å². The summed E-state index contributed by atoms with van der Waals surface area (Å²) in [5.41, 5.74) is 0. The van der Waals surface area contributed by atoms with Crippen molar-refractivity contribution < 1.29 is 9.47 Å². The smallest absolute Gasteiger partial charge is 0.104 e. The van der Waals surface area contributed by atoms with Gasteiger partial charge in [-0.2, -0.15) is 0 Å². The highest BCUT2D eigenvalue weighted by Gasteiger charge is 2.22. The fourth-order valence-corrected chi connectivity index (χ4v) is 1.21. The Morgan fingerprint density at radius 1 is 1.67 bits per heavy atom. The molecule has 2 nitrogen and oxygen atoms in total. The van der Waals surface area contributed by atoms with Crippen molar-refractivity contribution in [3.63, 3.8) is 0 Å². The van der Waals surface area contributed by atoms with E-state index in [-0.39, 0.29) is 0 Å². The van der Waals surface area contributed by atoms with Crippen LogP contribution in [0.15, 0.2) is 0 Å². The summed E-state index contributed by atoms with van der Waals surface area (Å²) in [6, 6.07) is 0. The standard InChI is InChI=1S/C6H14O2Si/c1-9(2)5-7-3-6-4-8-6/h6,9H,3-5H2,1-2H3. The molecule has 0 amide bonds. The first-order valence-electron chi connectivity index (χ1n) is 3.48. The van der Waals surface area contributed by atoms with Gasteiger partial charge in [0.15, 0.2) is 0 Å². The topological polar surface area (TPSA) is 21.8 Å². The van der Waals surface area contributed by atoms with E-state index in [2.05, 4.69) is 13.1 Å². The molecule has 3 heteroatoms. The van der Waals surface area contributed by atoms with Crippen LogP contribution in [-0.2, 0) is 9.47 Å². The molecule has 9 heavy (non-hydrogen) atoms. The second-order valence-corrected chi connectivity index (χ2v) is 6.01. The van der Waals surface area contributed by atoms with Gasteiger partial charge in [-0.3, -0.25) is 0 Å². The van der Waals surface area contributed by atoms with Gasteiger partial charge >= 0.3 is 0 Å². The van der Waals surface area contributed by atoms with Crippen molar-refractivity contribution in [2.75, 3.05) is 19.4 Å². The molecule has 1 rings (SSSR count). The van der Waals surface area contributed by atoms with E-state index in [0.717, 1.165) is 19.4 Å². The van der Waals surface area contributed by atoms with Gasteiger partial charge in [0.05, 0.1) is 22.0 Å². The third kappa shape index (κ3) is 3.67. The van der Waals surface area contributed by atoms with E-state index in [9.17, 15) is 0 Å². The molecule has 1 atom stereocenters. The van der Waals surface area contributed by atoms with Crippen LogP contribution >= 0.6 is 0 Å². The summed E-state index contributed by atoms with van der Waals surface area (Å²) in [6.07, 6.45) is 1.44. The molecular weight excluding hydrogens is 132 g/mol. The average molecular weight is 146 g/mol. The molecule has 0 aliphatic carbocycles. The second kappa shape index (κ2) is 3.34. The second-order valence-electron chi connectivity index (χ2n) is 2.89. The lowest BCUT2D eigenvalue weighted by atomic mass is 10.5. The Kier molecular flexibility index (Phi) is 2.69. The molecule has 0 N–H and O–H groups in total. The van der Waals surface area contributed by atoms with E-state index in [1.165, 1.54) is 0 Å². The largest absolute Gasteiger partial charge is 0.382 e. The van der Waals surface area contributed by atoms with E-state index in [4.69, 9.17) is 9.47 Å². The van der Waals surface area contributed by atoms with Gasteiger partial charge in [0.1, 0.15) is 6.10 Å². The molecular formula is C6H14O2Si. The summed E-state index contributed by atoms with van der Waals surface area (Å²) >= 11 is 0. The maximum Gasteiger partial charge on any atom is 0.104 e. The fraction of sp³-hybridized carbons (Fsp3) is 1.00. The van der Waals surface area contributed by atoms with E-state index < -0.39 is 8.80 Å². The quantitative estimate of drug-likeness (QED) is 0.424. The number of ether oxygens (including phenoxy) is 2. The zero-order chi connectivity index (χ0) is 6.69. The summed E-state index contributed by atoms with van der Waals surface area (Å²) in [5.74, 6) is 0. The molecule has 1 aliphatic rings. The minimum atomic E-state index is -0.479. The lowest BCUT2D eigenvalue weighted by molar-refractivity contribution is 0.152. The Balaban J connectivity index is 1.81. The zero-order valence-electron chi connectivity index (χ0n) is 6.09. The van der Waals surface area contributed by atoms with Gasteiger partial charge in [-0.05, 0) is 0 Å². The van der Waals surface area contributed by atoms with Gasteiger partial charge in [0.25, 0.3) is 0 Å². The normalized spacial score (nSPS) is 25.0. The van der Waals surface area contributed by atoms with E-state index >= 15 is 0 Å². The highest BCUT2D eigenvalue weighted by atomic mass is 28.3. The van der Waals surface area contributed by atoms with Crippen LogP contribution < -0.4 is 0 Å². The van der Waals surface area contributed by atoms with Crippen molar-refractivity contribution in [2.24, 2.45) is 0 Å². The summed E-state index contributed by atoms with van der Waals surface area (Å²) < 4.78 is 10.3. The fourth-order valence-electron chi connectivity index (χ4n) is 0.599. The molecule has 0 spiro atoms. The van der Waals surface area contributed by atoms with Gasteiger partial charge in [0.2, 0.25) is 0 Å². The molecule has 1 unspecified atom stereocenters. The van der Waals surface area contributed by atoms with E-state index in [1.54, 1.807) is 0 Å². The molecule has 0 aromatic carbocycles. The predicted molar refractivity (Wildman–Crippen MR) is 39.4 cm³/mol. The molecule has 0 aromatic rings. The number of hydrogen-bond acceptors (Lipinski definition) is 2. The zero-order valence-corrected chi connectivity index (χ0v) is 7.25. The highest BCUT2D eigenvalue weighted by molar-refractivity contribution is 6.55. The molecule has 0 bridgehead atoms. The van der Waals surface area contributed by atoms with Crippen LogP contribution in [-0.4, -0.2) is 34.3 Å². The molecule has 1 heterocycles. The number of hydrogen-bond donors (Lipinski definition) is 0. The van der Waals surface area contributed by atoms with Crippen molar-refractivity contribution in [1.82, 2.24) is 0 Å². The third-order valence-corrected chi connectivity index (χ3v) is 2.06. The van der Waals surface area contributed by atoms with Gasteiger partial charge in [-0.25, -0.2) is 0 Å². The summed E-state index contributed by atoms with van der Waals surface area (Å²) in [4.78, 5) is 0. The predicted octanol–water partition coefficient (Wildman–Crippen LogP) is 0.428. The van der Waals surface area contributed by atoms with Gasteiger partial charge in [0, 0.05) is 6.23 Å². The lowest BCUT2D eigenvalue weighted by Crippen LogP contribution is -2.14. The van der Waals surface area contributed by atoms with Crippen LogP contribution in [0.5, 0.6) is 0 Å². The average Bonchev–Trinajstić information content (AvgIpc) is 2.48. The molecule has 0 radical (unpaired) electrons. The number of epoxide rings is 1. The monoisotopic (exact) mass is 146 g/mol. The maximum atomic E-state index is 5.36.